The van der Waals surface area contributed by atoms with Crippen LogP contribution in [0.1, 0.15) is 15.2 Å². The Morgan fingerprint density at radius 2 is 2.00 bits per heavy atom. The van der Waals surface area contributed by atoms with E-state index in [1.54, 1.807) is 16.2 Å². The topological polar surface area (TPSA) is 66.7 Å². The van der Waals surface area contributed by atoms with E-state index in [0.717, 1.165) is 19.6 Å². The number of benzene rings is 1. The monoisotopic (exact) mass is 365 g/mol. The highest BCUT2D eigenvalue weighted by atomic mass is 35.5. The Labute approximate surface area is 148 Å². The number of non-ortho nitro benzene ring substituents is 1. The molecule has 0 spiro atoms. The lowest BCUT2D eigenvalue weighted by Gasteiger charge is -2.34. The van der Waals surface area contributed by atoms with Crippen molar-refractivity contribution >= 4 is 34.5 Å². The zero-order valence-corrected chi connectivity index (χ0v) is 14.4. The molecule has 0 aliphatic carbocycles. The van der Waals surface area contributed by atoms with Crippen LogP contribution >= 0.6 is 22.9 Å². The molecule has 1 fully saturated rings. The molecule has 1 aliphatic heterocycles. The van der Waals surface area contributed by atoms with E-state index in [1.807, 2.05) is 6.07 Å². The van der Waals surface area contributed by atoms with Gasteiger partial charge in [-0.2, -0.15) is 0 Å². The van der Waals surface area contributed by atoms with Crippen LogP contribution in [-0.4, -0.2) is 46.8 Å². The van der Waals surface area contributed by atoms with Crippen molar-refractivity contribution in [3.05, 3.63) is 61.3 Å². The van der Waals surface area contributed by atoms with Gasteiger partial charge in [0.2, 0.25) is 0 Å². The number of hydrogen-bond donors (Lipinski definition) is 0. The summed E-state index contributed by atoms with van der Waals surface area (Å²) in [5, 5.41) is 13.2. The van der Waals surface area contributed by atoms with Crippen LogP contribution in [0.5, 0.6) is 0 Å². The van der Waals surface area contributed by atoms with E-state index in [0.29, 0.717) is 13.1 Å². The summed E-state index contributed by atoms with van der Waals surface area (Å²) in [6.07, 6.45) is 0. The maximum absolute atomic E-state index is 12.6. The van der Waals surface area contributed by atoms with E-state index >= 15 is 0 Å². The number of piperazine rings is 1. The number of nitrogens with zero attached hydrogens (tertiary/aromatic N) is 3. The van der Waals surface area contributed by atoms with E-state index in [4.69, 9.17) is 11.6 Å². The van der Waals surface area contributed by atoms with Crippen molar-refractivity contribution < 1.29 is 9.72 Å². The molecule has 6 nitrogen and oxygen atoms in total. The first-order chi connectivity index (χ1) is 11.5. The number of rotatable bonds is 4. The second-order valence-electron chi connectivity index (χ2n) is 5.57. The van der Waals surface area contributed by atoms with Crippen molar-refractivity contribution in [2.45, 2.75) is 6.54 Å². The van der Waals surface area contributed by atoms with Gasteiger partial charge in [-0.05, 0) is 17.5 Å². The largest absolute Gasteiger partial charge is 0.336 e. The normalized spacial score (nSPS) is 15.5. The second-order valence-corrected chi connectivity index (χ2v) is 7.01. The van der Waals surface area contributed by atoms with Gasteiger partial charge in [-0.15, -0.1) is 11.3 Å². The molecule has 1 aromatic heterocycles. The minimum atomic E-state index is -0.522. The van der Waals surface area contributed by atoms with E-state index in [9.17, 15) is 14.9 Å². The molecule has 0 saturated carbocycles. The summed E-state index contributed by atoms with van der Waals surface area (Å²) < 4.78 is 0. The van der Waals surface area contributed by atoms with Crippen LogP contribution in [0.2, 0.25) is 5.02 Å². The van der Waals surface area contributed by atoms with Gasteiger partial charge in [-0.3, -0.25) is 19.8 Å². The molecule has 0 bridgehead atoms. The Balaban J connectivity index is 1.65. The Morgan fingerprint density at radius 3 is 2.62 bits per heavy atom. The maximum Gasteiger partial charge on any atom is 0.270 e. The Kier molecular flexibility index (Phi) is 5.13. The molecule has 2 heterocycles. The van der Waals surface area contributed by atoms with Gasteiger partial charge in [0.1, 0.15) is 0 Å². The summed E-state index contributed by atoms with van der Waals surface area (Å²) in [6.45, 7) is 3.61. The number of carbonyl (C=O) groups is 1. The van der Waals surface area contributed by atoms with Gasteiger partial charge >= 0.3 is 0 Å². The first kappa shape index (κ1) is 16.9. The Morgan fingerprint density at radius 1 is 1.25 bits per heavy atom. The lowest BCUT2D eigenvalue weighted by atomic mass is 10.1. The predicted molar refractivity (Wildman–Crippen MR) is 93.6 cm³/mol. The number of thiophene rings is 1. The van der Waals surface area contributed by atoms with E-state index < -0.39 is 4.92 Å². The molecule has 1 aromatic carbocycles. The third-order valence-electron chi connectivity index (χ3n) is 4.01. The van der Waals surface area contributed by atoms with Gasteiger partial charge in [0.05, 0.1) is 15.5 Å². The summed E-state index contributed by atoms with van der Waals surface area (Å²) >= 11 is 7.78. The number of halogens is 1. The standard InChI is InChI=1S/C16H16ClN3O3S/c17-15-4-3-12(20(22)23)10-14(15)16(21)19-7-5-18(6-8-19)11-13-2-1-9-24-13/h1-4,9-10H,5-8,11H2. The van der Waals surface area contributed by atoms with E-state index in [2.05, 4.69) is 16.3 Å². The first-order valence-electron chi connectivity index (χ1n) is 7.52. The molecular formula is C16H16ClN3O3S. The van der Waals surface area contributed by atoms with Gasteiger partial charge < -0.3 is 4.90 Å². The molecule has 126 valence electrons. The number of nitro groups is 1. The minimum Gasteiger partial charge on any atom is -0.336 e. The fourth-order valence-electron chi connectivity index (χ4n) is 2.69. The number of hydrogen-bond acceptors (Lipinski definition) is 5. The predicted octanol–water partition coefficient (Wildman–Crippen LogP) is 3.27. The molecule has 0 radical (unpaired) electrons. The first-order valence-corrected chi connectivity index (χ1v) is 8.78. The van der Waals surface area contributed by atoms with Gasteiger partial charge in [0.25, 0.3) is 11.6 Å². The van der Waals surface area contributed by atoms with Crippen molar-refractivity contribution in [1.82, 2.24) is 9.80 Å². The van der Waals surface area contributed by atoms with Gasteiger partial charge in [0, 0.05) is 49.7 Å². The molecule has 1 saturated heterocycles. The van der Waals surface area contributed by atoms with Crippen molar-refractivity contribution in [2.24, 2.45) is 0 Å². The molecule has 8 heteroatoms. The van der Waals surface area contributed by atoms with Crippen molar-refractivity contribution in [2.75, 3.05) is 26.2 Å². The SMILES string of the molecule is O=C(c1cc([N+](=O)[O-])ccc1Cl)N1CCN(Cc2cccs2)CC1. The van der Waals surface area contributed by atoms with Crippen LogP contribution < -0.4 is 0 Å². The Hall–Kier alpha value is -1.96. The van der Waals surface area contributed by atoms with Gasteiger partial charge in [-0.25, -0.2) is 0 Å². The van der Waals surface area contributed by atoms with Crippen LogP contribution in [0.3, 0.4) is 0 Å². The van der Waals surface area contributed by atoms with Crippen LogP contribution in [0.4, 0.5) is 5.69 Å². The number of carbonyl (C=O) groups excluding carboxylic acids is 1. The van der Waals surface area contributed by atoms with Crippen molar-refractivity contribution in [1.29, 1.82) is 0 Å². The average Bonchev–Trinajstić information content (AvgIpc) is 3.08. The van der Waals surface area contributed by atoms with Gasteiger partial charge in [-0.1, -0.05) is 17.7 Å². The van der Waals surface area contributed by atoms with Crippen LogP contribution in [0, 0.1) is 10.1 Å². The molecule has 0 atom stereocenters. The number of nitro benzene ring substituents is 1. The third kappa shape index (κ3) is 3.75. The molecule has 1 aliphatic rings. The molecule has 24 heavy (non-hydrogen) atoms. The molecule has 1 amide bonds. The molecular weight excluding hydrogens is 350 g/mol. The average molecular weight is 366 g/mol. The molecule has 2 aromatic rings. The highest BCUT2D eigenvalue weighted by molar-refractivity contribution is 7.09. The third-order valence-corrected chi connectivity index (χ3v) is 5.20. The smallest absolute Gasteiger partial charge is 0.270 e. The van der Waals surface area contributed by atoms with E-state index in [1.165, 1.54) is 23.1 Å². The molecule has 0 unspecified atom stereocenters. The fraction of sp³-hybridized carbons (Fsp3) is 0.312. The van der Waals surface area contributed by atoms with Crippen LogP contribution in [0.15, 0.2) is 35.7 Å². The summed E-state index contributed by atoms with van der Waals surface area (Å²) in [6, 6.07) is 8.09. The van der Waals surface area contributed by atoms with Crippen molar-refractivity contribution in [3.8, 4) is 0 Å². The maximum atomic E-state index is 12.6. The second kappa shape index (κ2) is 7.29. The summed E-state index contributed by atoms with van der Waals surface area (Å²) in [5.74, 6) is -0.250. The van der Waals surface area contributed by atoms with Crippen LogP contribution in [0.25, 0.3) is 0 Å². The van der Waals surface area contributed by atoms with Crippen molar-refractivity contribution in [3.63, 3.8) is 0 Å². The fourth-order valence-corrected chi connectivity index (χ4v) is 3.64. The zero-order valence-electron chi connectivity index (χ0n) is 12.9. The summed E-state index contributed by atoms with van der Waals surface area (Å²) in [5.41, 5.74) is 0.0663. The highest BCUT2D eigenvalue weighted by Gasteiger charge is 2.25. The van der Waals surface area contributed by atoms with E-state index in [-0.39, 0.29) is 22.2 Å². The van der Waals surface area contributed by atoms with Crippen LogP contribution in [-0.2, 0) is 6.54 Å². The highest BCUT2D eigenvalue weighted by Crippen LogP contribution is 2.24. The Bertz CT molecular complexity index is 743. The molecule has 0 N–H and O–H groups in total. The van der Waals surface area contributed by atoms with Gasteiger partial charge in [0.15, 0.2) is 0 Å². The quantitative estimate of drug-likeness (QED) is 0.616. The molecule has 3 rings (SSSR count). The lowest BCUT2D eigenvalue weighted by Crippen LogP contribution is -2.48. The summed E-state index contributed by atoms with van der Waals surface area (Å²) in [7, 11) is 0. The summed E-state index contributed by atoms with van der Waals surface area (Å²) in [4.78, 5) is 28.3. The number of amides is 1. The lowest BCUT2D eigenvalue weighted by molar-refractivity contribution is -0.384. The minimum absolute atomic E-state index is 0.126. The zero-order chi connectivity index (χ0) is 17.1.